The lowest BCUT2D eigenvalue weighted by Crippen LogP contribution is -2.49. The van der Waals surface area contributed by atoms with Crippen molar-refractivity contribution in [2.45, 2.75) is 13.3 Å². The van der Waals surface area contributed by atoms with Crippen molar-refractivity contribution in [1.82, 2.24) is 16.2 Å². The second kappa shape index (κ2) is 11.4. The van der Waals surface area contributed by atoms with Gasteiger partial charge in [-0.3, -0.25) is 25.8 Å². The predicted molar refractivity (Wildman–Crippen MR) is 131 cm³/mol. The lowest BCUT2D eigenvalue weighted by atomic mass is 10.1. The molecule has 166 valence electrons. The van der Waals surface area contributed by atoms with Gasteiger partial charge in [0.1, 0.15) is 11.5 Å². The molecule has 0 atom stereocenters. The topological polar surface area (TPSA) is 88.7 Å². The molecule has 3 N–H and O–H groups in total. The van der Waals surface area contributed by atoms with Crippen LogP contribution < -0.4 is 25.6 Å². The Balaban J connectivity index is 1.48. The maximum Gasteiger partial charge on any atom is 0.276 e. The molecule has 0 aliphatic rings. The number of rotatable bonds is 7. The average molecular weight is 516 g/mol. The van der Waals surface area contributed by atoms with Crippen LogP contribution in [0.5, 0.6) is 11.5 Å². The summed E-state index contributed by atoms with van der Waals surface area (Å²) in [4.78, 5) is 24.6. The van der Waals surface area contributed by atoms with E-state index in [1.807, 2.05) is 43.3 Å². The third-order valence-electron chi connectivity index (χ3n) is 4.28. The summed E-state index contributed by atoms with van der Waals surface area (Å²) >= 11 is 8.44. The van der Waals surface area contributed by atoms with E-state index in [4.69, 9.17) is 21.7 Å². The van der Waals surface area contributed by atoms with Crippen molar-refractivity contribution in [2.24, 2.45) is 0 Å². The maximum atomic E-state index is 12.6. The molecular formula is C23H22BrN3O4S. The number of hydrazine groups is 1. The van der Waals surface area contributed by atoms with Crippen LogP contribution in [0.1, 0.15) is 23.7 Å². The first kappa shape index (κ1) is 23.5. The van der Waals surface area contributed by atoms with Gasteiger partial charge in [0.15, 0.2) is 11.7 Å². The molecule has 32 heavy (non-hydrogen) atoms. The van der Waals surface area contributed by atoms with E-state index in [0.717, 1.165) is 21.7 Å². The van der Waals surface area contributed by atoms with E-state index in [-0.39, 0.29) is 11.7 Å². The molecule has 3 aromatic carbocycles. The number of benzene rings is 3. The minimum absolute atomic E-state index is 0.0597. The third-order valence-corrected chi connectivity index (χ3v) is 4.98. The number of nitrogens with one attached hydrogen (secondary N) is 3. The van der Waals surface area contributed by atoms with Crippen LogP contribution in [0, 0.1) is 0 Å². The normalized spacial score (nSPS) is 10.3. The van der Waals surface area contributed by atoms with Crippen LogP contribution in [0.15, 0.2) is 65.1 Å². The second-order valence-electron chi connectivity index (χ2n) is 6.74. The molecule has 0 heterocycles. The first-order valence-corrected chi connectivity index (χ1v) is 11.1. The molecule has 3 rings (SSSR count). The van der Waals surface area contributed by atoms with Gasteiger partial charge >= 0.3 is 0 Å². The van der Waals surface area contributed by atoms with Crippen molar-refractivity contribution in [2.75, 3.05) is 13.2 Å². The van der Waals surface area contributed by atoms with Crippen molar-refractivity contribution < 1.29 is 19.1 Å². The Hall–Kier alpha value is -3.17. The molecule has 0 saturated carbocycles. The Kier molecular flexibility index (Phi) is 8.41. The van der Waals surface area contributed by atoms with E-state index in [0.29, 0.717) is 23.7 Å². The molecule has 0 unspecified atom stereocenters. The van der Waals surface area contributed by atoms with Crippen molar-refractivity contribution in [3.05, 3.63) is 70.7 Å². The zero-order chi connectivity index (χ0) is 22.9. The summed E-state index contributed by atoms with van der Waals surface area (Å²) in [7, 11) is 0. The number of carbonyl (C=O) groups is 2. The van der Waals surface area contributed by atoms with E-state index in [2.05, 4.69) is 32.1 Å². The zero-order valence-corrected chi connectivity index (χ0v) is 19.7. The average Bonchev–Trinajstić information content (AvgIpc) is 2.80. The highest BCUT2D eigenvalue weighted by Crippen LogP contribution is 2.23. The van der Waals surface area contributed by atoms with Gasteiger partial charge in [0, 0.05) is 4.47 Å². The molecule has 2 amide bonds. The zero-order valence-electron chi connectivity index (χ0n) is 17.3. The van der Waals surface area contributed by atoms with Crippen LogP contribution in [-0.4, -0.2) is 30.1 Å². The fourth-order valence-corrected chi connectivity index (χ4v) is 3.29. The minimum atomic E-state index is -0.462. The number of hydrogen-bond acceptors (Lipinski definition) is 5. The van der Waals surface area contributed by atoms with Gasteiger partial charge < -0.3 is 9.47 Å². The Bertz CT molecular complexity index is 1140. The Morgan fingerprint density at radius 2 is 1.75 bits per heavy atom. The van der Waals surface area contributed by atoms with Crippen molar-refractivity contribution in [3.63, 3.8) is 0 Å². The molecule has 0 aliphatic heterocycles. The number of amides is 2. The maximum absolute atomic E-state index is 12.6. The summed E-state index contributed by atoms with van der Waals surface area (Å²) in [5.41, 5.74) is 5.21. The molecule has 0 bridgehead atoms. The summed E-state index contributed by atoms with van der Waals surface area (Å²) in [6.45, 7) is 2.24. The van der Waals surface area contributed by atoms with Crippen molar-refractivity contribution in [1.29, 1.82) is 0 Å². The standard InChI is InChI=1S/C23H22BrN3O4S/c1-2-11-30-20-10-8-17(24)13-19(20)22(29)25-23(32)27-26-21(28)14-31-18-9-7-15-5-3-4-6-16(15)12-18/h3-10,12-13H,2,11,14H2,1H3,(H,26,28)(H2,25,27,29,32). The smallest absolute Gasteiger partial charge is 0.276 e. The lowest BCUT2D eigenvalue weighted by Gasteiger charge is -2.14. The van der Waals surface area contributed by atoms with Crippen LogP contribution in [0.2, 0.25) is 0 Å². The predicted octanol–water partition coefficient (Wildman–Crippen LogP) is 4.11. The van der Waals surface area contributed by atoms with E-state index in [1.54, 1.807) is 24.3 Å². The largest absolute Gasteiger partial charge is 0.493 e. The Morgan fingerprint density at radius 3 is 2.53 bits per heavy atom. The van der Waals surface area contributed by atoms with Crippen LogP contribution in [0.3, 0.4) is 0 Å². The van der Waals surface area contributed by atoms with Gasteiger partial charge in [-0.1, -0.05) is 53.2 Å². The van der Waals surface area contributed by atoms with Crippen molar-refractivity contribution in [3.8, 4) is 11.5 Å². The minimum Gasteiger partial charge on any atom is -0.493 e. The number of thiocarbonyl (C=S) groups is 1. The van der Waals surface area contributed by atoms with E-state index in [9.17, 15) is 9.59 Å². The summed E-state index contributed by atoms with van der Waals surface area (Å²) in [6, 6.07) is 18.6. The van der Waals surface area contributed by atoms with Gasteiger partial charge in [0.25, 0.3) is 11.8 Å². The highest BCUT2D eigenvalue weighted by molar-refractivity contribution is 9.10. The molecule has 0 aliphatic carbocycles. The Morgan fingerprint density at radius 1 is 0.969 bits per heavy atom. The number of halogens is 1. The van der Waals surface area contributed by atoms with Gasteiger partial charge in [-0.2, -0.15) is 0 Å². The van der Waals surface area contributed by atoms with Crippen molar-refractivity contribution >= 4 is 55.8 Å². The van der Waals surface area contributed by atoms with Gasteiger partial charge in [-0.05, 0) is 59.7 Å². The number of ether oxygens (including phenoxy) is 2. The Labute approximate surface area is 199 Å². The van der Waals surface area contributed by atoms with Gasteiger partial charge in [0.2, 0.25) is 0 Å². The third kappa shape index (κ3) is 6.66. The van der Waals surface area contributed by atoms with Gasteiger partial charge in [-0.15, -0.1) is 0 Å². The van der Waals surface area contributed by atoms with E-state index in [1.165, 1.54) is 0 Å². The summed E-state index contributed by atoms with van der Waals surface area (Å²) < 4.78 is 11.9. The van der Waals surface area contributed by atoms with E-state index >= 15 is 0 Å². The first-order chi connectivity index (χ1) is 15.5. The molecular weight excluding hydrogens is 494 g/mol. The molecule has 7 nitrogen and oxygen atoms in total. The lowest BCUT2D eigenvalue weighted by molar-refractivity contribution is -0.123. The van der Waals surface area contributed by atoms with Gasteiger partial charge in [0.05, 0.1) is 12.2 Å². The SMILES string of the molecule is CCCOc1ccc(Br)cc1C(=O)NC(=S)NNC(=O)COc1ccc2ccccc2c1. The number of fused-ring (bicyclic) bond motifs is 1. The first-order valence-electron chi connectivity index (χ1n) is 9.90. The highest BCUT2D eigenvalue weighted by atomic mass is 79.9. The van der Waals surface area contributed by atoms with Crippen LogP contribution in [0.25, 0.3) is 10.8 Å². The fourth-order valence-electron chi connectivity index (χ4n) is 2.79. The summed E-state index contributed by atoms with van der Waals surface area (Å²) in [6.07, 6.45) is 0.810. The fraction of sp³-hybridized carbons (Fsp3) is 0.174. The number of carbonyl (C=O) groups excluding carboxylic acids is 2. The second-order valence-corrected chi connectivity index (χ2v) is 8.07. The van der Waals surface area contributed by atoms with Crippen LogP contribution in [0.4, 0.5) is 0 Å². The van der Waals surface area contributed by atoms with E-state index < -0.39 is 11.8 Å². The summed E-state index contributed by atoms with van der Waals surface area (Å²) in [5.74, 6) is 0.105. The monoisotopic (exact) mass is 515 g/mol. The molecule has 9 heteroatoms. The van der Waals surface area contributed by atoms with Crippen LogP contribution in [-0.2, 0) is 4.79 Å². The molecule has 0 fully saturated rings. The molecule has 0 spiro atoms. The number of hydrogen-bond donors (Lipinski definition) is 3. The molecule has 3 aromatic rings. The summed E-state index contributed by atoms with van der Waals surface area (Å²) in [5, 5.41) is 4.55. The molecule has 0 saturated heterocycles. The quantitative estimate of drug-likeness (QED) is 0.324. The van der Waals surface area contributed by atoms with Crippen LogP contribution >= 0.6 is 28.1 Å². The highest BCUT2D eigenvalue weighted by Gasteiger charge is 2.15. The molecule has 0 aromatic heterocycles. The molecule has 0 radical (unpaired) electrons. The van der Waals surface area contributed by atoms with Gasteiger partial charge in [-0.25, -0.2) is 0 Å².